The Kier molecular flexibility index (Phi) is 4.55. The lowest BCUT2D eigenvalue weighted by Crippen LogP contribution is -2.29. The molecule has 0 bridgehead atoms. The van der Waals surface area contributed by atoms with E-state index in [1.165, 1.54) is 0 Å². The lowest BCUT2D eigenvalue weighted by atomic mass is 10.1. The van der Waals surface area contributed by atoms with Crippen molar-refractivity contribution in [2.24, 2.45) is 0 Å². The van der Waals surface area contributed by atoms with Crippen molar-refractivity contribution in [2.45, 2.75) is 26.3 Å². The summed E-state index contributed by atoms with van der Waals surface area (Å²) in [5.74, 6) is -0.0774. The average molecular weight is 327 g/mol. The molecular formula is C18H21N3O3. The maximum Gasteiger partial charge on any atom is 0.414 e. The van der Waals surface area contributed by atoms with Crippen LogP contribution in [0.25, 0.3) is 0 Å². The summed E-state index contributed by atoms with van der Waals surface area (Å²) >= 11 is 0. The minimum absolute atomic E-state index is 0.0774. The first-order valence-electron chi connectivity index (χ1n) is 8.10. The molecule has 2 amide bonds. The summed E-state index contributed by atoms with van der Waals surface area (Å²) in [5, 5.41) is 2.93. The minimum atomic E-state index is -0.325. The highest BCUT2D eigenvalue weighted by Crippen LogP contribution is 2.31. The highest BCUT2D eigenvalue weighted by molar-refractivity contribution is 5.95. The van der Waals surface area contributed by atoms with Gasteiger partial charge in [0.2, 0.25) is 5.91 Å². The van der Waals surface area contributed by atoms with Crippen molar-refractivity contribution < 1.29 is 14.3 Å². The van der Waals surface area contributed by atoms with Gasteiger partial charge in [0.25, 0.3) is 0 Å². The molecule has 1 N–H and O–H groups in total. The van der Waals surface area contributed by atoms with E-state index in [2.05, 4.69) is 5.32 Å². The zero-order valence-electron chi connectivity index (χ0n) is 13.9. The molecule has 0 saturated heterocycles. The number of fused-ring (bicyclic) bond motifs is 1. The van der Waals surface area contributed by atoms with Gasteiger partial charge in [0, 0.05) is 24.6 Å². The standard InChI is InChI=1S/C18H21N3O3/c1-3-24-18(23)21-11-8-14-12-15(6-7-16(14)21)19-17(22)13(2)20-9-4-5-10-20/h4-7,9-10,12-13H,3,8,11H2,1-2H3,(H,19,22). The minimum Gasteiger partial charge on any atom is -0.449 e. The highest BCUT2D eigenvalue weighted by atomic mass is 16.6. The van der Waals surface area contributed by atoms with E-state index in [1.807, 2.05) is 54.2 Å². The highest BCUT2D eigenvalue weighted by Gasteiger charge is 2.26. The number of anilines is 2. The van der Waals surface area contributed by atoms with Crippen molar-refractivity contribution in [3.05, 3.63) is 48.3 Å². The first-order valence-corrected chi connectivity index (χ1v) is 8.10. The second-order valence-electron chi connectivity index (χ2n) is 5.74. The smallest absolute Gasteiger partial charge is 0.414 e. The summed E-state index contributed by atoms with van der Waals surface area (Å²) in [6.45, 7) is 4.60. The van der Waals surface area contributed by atoms with Crippen LogP contribution in [0.15, 0.2) is 42.7 Å². The van der Waals surface area contributed by atoms with Gasteiger partial charge < -0.3 is 14.6 Å². The lowest BCUT2D eigenvalue weighted by Gasteiger charge is -2.17. The van der Waals surface area contributed by atoms with Crippen LogP contribution in [0.3, 0.4) is 0 Å². The second-order valence-corrected chi connectivity index (χ2v) is 5.74. The molecule has 1 aromatic heterocycles. The molecule has 126 valence electrons. The van der Waals surface area contributed by atoms with Gasteiger partial charge in [0.1, 0.15) is 6.04 Å². The lowest BCUT2D eigenvalue weighted by molar-refractivity contribution is -0.118. The van der Waals surface area contributed by atoms with Crippen LogP contribution in [-0.4, -0.2) is 29.7 Å². The van der Waals surface area contributed by atoms with Gasteiger partial charge in [-0.1, -0.05) is 0 Å². The Morgan fingerprint density at radius 3 is 2.75 bits per heavy atom. The van der Waals surface area contributed by atoms with Crippen molar-refractivity contribution in [1.82, 2.24) is 4.57 Å². The second kappa shape index (κ2) is 6.78. The average Bonchev–Trinajstić information content (AvgIpc) is 3.23. The number of nitrogens with one attached hydrogen (secondary N) is 1. The molecule has 1 aromatic carbocycles. The molecule has 0 fully saturated rings. The van der Waals surface area contributed by atoms with Gasteiger partial charge in [-0.05, 0) is 56.2 Å². The number of amides is 2. The fourth-order valence-corrected chi connectivity index (χ4v) is 2.86. The number of benzene rings is 1. The molecule has 2 heterocycles. The fourth-order valence-electron chi connectivity index (χ4n) is 2.86. The van der Waals surface area contributed by atoms with Gasteiger partial charge >= 0.3 is 6.09 Å². The maximum absolute atomic E-state index is 12.4. The van der Waals surface area contributed by atoms with E-state index >= 15 is 0 Å². The summed E-state index contributed by atoms with van der Waals surface area (Å²) in [4.78, 5) is 25.9. The predicted octanol–water partition coefficient (Wildman–Crippen LogP) is 3.21. The Morgan fingerprint density at radius 2 is 2.04 bits per heavy atom. The molecule has 0 radical (unpaired) electrons. The van der Waals surface area contributed by atoms with E-state index in [4.69, 9.17) is 4.74 Å². The largest absolute Gasteiger partial charge is 0.449 e. The maximum atomic E-state index is 12.4. The van der Waals surface area contributed by atoms with Crippen LogP contribution < -0.4 is 10.2 Å². The van der Waals surface area contributed by atoms with Crippen molar-refractivity contribution >= 4 is 23.4 Å². The number of nitrogens with zero attached hydrogens (tertiary/aromatic N) is 2. The summed E-state index contributed by atoms with van der Waals surface area (Å²) in [6, 6.07) is 9.09. The monoisotopic (exact) mass is 327 g/mol. The number of aromatic nitrogens is 1. The van der Waals surface area contributed by atoms with Crippen LogP contribution >= 0.6 is 0 Å². The van der Waals surface area contributed by atoms with E-state index in [0.717, 1.165) is 23.4 Å². The number of carbonyl (C=O) groups excluding carboxylic acids is 2. The molecule has 24 heavy (non-hydrogen) atoms. The molecule has 2 aromatic rings. The normalized spacial score (nSPS) is 14.2. The quantitative estimate of drug-likeness (QED) is 0.938. The third-order valence-corrected chi connectivity index (χ3v) is 4.18. The number of hydrogen-bond donors (Lipinski definition) is 1. The van der Waals surface area contributed by atoms with Crippen LogP contribution in [0, 0.1) is 0 Å². The molecule has 6 heteroatoms. The van der Waals surface area contributed by atoms with Crippen LogP contribution in [0.5, 0.6) is 0 Å². The van der Waals surface area contributed by atoms with Crippen molar-refractivity contribution in [3.8, 4) is 0 Å². The predicted molar refractivity (Wildman–Crippen MR) is 92.3 cm³/mol. The van der Waals surface area contributed by atoms with E-state index in [9.17, 15) is 9.59 Å². The van der Waals surface area contributed by atoms with Crippen LogP contribution in [0.2, 0.25) is 0 Å². The Morgan fingerprint density at radius 1 is 1.29 bits per heavy atom. The summed E-state index contributed by atoms with van der Waals surface area (Å²) in [7, 11) is 0. The topological polar surface area (TPSA) is 63.6 Å². The molecular weight excluding hydrogens is 306 g/mol. The Bertz CT molecular complexity index is 740. The van der Waals surface area contributed by atoms with Gasteiger partial charge in [0.05, 0.1) is 12.3 Å². The first kappa shape index (κ1) is 16.1. The van der Waals surface area contributed by atoms with Gasteiger partial charge in [-0.25, -0.2) is 4.79 Å². The van der Waals surface area contributed by atoms with E-state index in [-0.39, 0.29) is 18.0 Å². The summed E-state index contributed by atoms with van der Waals surface area (Å²) in [6.07, 6.45) is 4.16. The molecule has 3 rings (SSSR count). The zero-order chi connectivity index (χ0) is 17.1. The number of rotatable bonds is 4. The third-order valence-electron chi connectivity index (χ3n) is 4.18. The van der Waals surface area contributed by atoms with Gasteiger partial charge in [0.15, 0.2) is 0 Å². The molecule has 0 spiro atoms. The molecule has 1 atom stereocenters. The van der Waals surface area contributed by atoms with Crippen LogP contribution in [0.1, 0.15) is 25.5 Å². The van der Waals surface area contributed by atoms with Gasteiger partial charge in [-0.3, -0.25) is 9.69 Å². The summed E-state index contributed by atoms with van der Waals surface area (Å²) < 4.78 is 6.92. The van der Waals surface area contributed by atoms with Crippen LogP contribution in [-0.2, 0) is 16.0 Å². The number of hydrogen-bond acceptors (Lipinski definition) is 3. The third kappa shape index (κ3) is 3.13. The zero-order valence-corrected chi connectivity index (χ0v) is 13.9. The van der Waals surface area contributed by atoms with Crippen molar-refractivity contribution in [1.29, 1.82) is 0 Å². The molecule has 6 nitrogen and oxygen atoms in total. The van der Waals surface area contributed by atoms with Gasteiger partial charge in [-0.2, -0.15) is 0 Å². The Labute approximate surface area is 141 Å². The molecule has 0 aliphatic carbocycles. The SMILES string of the molecule is CCOC(=O)N1CCc2cc(NC(=O)C(C)n3cccc3)ccc21. The van der Waals surface area contributed by atoms with Gasteiger partial charge in [-0.15, -0.1) is 0 Å². The van der Waals surface area contributed by atoms with Crippen molar-refractivity contribution in [3.63, 3.8) is 0 Å². The Hall–Kier alpha value is -2.76. The molecule has 1 aliphatic rings. The Balaban J connectivity index is 1.71. The number of carbonyl (C=O) groups is 2. The first-order chi connectivity index (χ1) is 11.6. The molecule has 1 aliphatic heterocycles. The van der Waals surface area contributed by atoms with E-state index in [0.29, 0.717) is 13.2 Å². The number of ether oxygens (including phenoxy) is 1. The van der Waals surface area contributed by atoms with E-state index in [1.54, 1.807) is 11.8 Å². The molecule has 1 unspecified atom stereocenters. The van der Waals surface area contributed by atoms with E-state index < -0.39 is 0 Å². The molecule has 0 saturated carbocycles. The van der Waals surface area contributed by atoms with Crippen molar-refractivity contribution in [2.75, 3.05) is 23.4 Å². The fraction of sp³-hybridized carbons (Fsp3) is 0.333. The van der Waals surface area contributed by atoms with Crippen LogP contribution in [0.4, 0.5) is 16.2 Å². The summed E-state index contributed by atoms with van der Waals surface area (Å²) in [5.41, 5.74) is 2.63.